The molecule has 4 bridgehead atoms. The molecule has 5 rings (SSSR count). The first kappa shape index (κ1) is 13.8. The van der Waals surface area contributed by atoms with Crippen LogP contribution in [-0.4, -0.2) is 0 Å². The van der Waals surface area contributed by atoms with Crippen LogP contribution in [0, 0.1) is 35.4 Å². The van der Waals surface area contributed by atoms with E-state index in [0.29, 0.717) is 5.41 Å². The van der Waals surface area contributed by atoms with E-state index in [-0.39, 0.29) is 17.3 Å². The second-order valence-corrected chi connectivity index (χ2v) is 8.62. The SMILES string of the molecule is Cc1cc(C(N)C23CC4CC(CC(C)(C4)C2)C3)ccc1F. The molecular weight excluding hydrogens is 261 g/mol. The summed E-state index contributed by atoms with van der Waals surface area (Å²) in [5.41, 5.74) is 9.39. The Hall–Kier alpha value is -0.890. The van der Waals surface area contributed by atoms with Crippen molar-refractivity contribution in [2.24, 2.45) is 28.4 Å². The van der Waals surface area contributed by atoms with Gasteiger partial charge in [0.1, 0.15) is 5.82 Å². The van der Waals surface area contributed by atoms with Crippen LogP contribution >= 0.6 is 0 Å². The third kappa shape index (κ3) is 2.06. The van der Waals surface area contributed by atoms with Crippen molar-refractivity contribution in [3.05, 3.63) is 35.1 Å². The number of aryl methyl sites for hydroxylation is 1. The molecule has 2 heteroatoms. The molecule has 4 aliphatic rings. The number of rotatable bonds is 2. The Balaban J connectivity index is 1.70. The second kappa shape index (κ2) is 4.32. The van der Waals surface area contributed by atoms with Crippen molar-refractivity contribution in [1.82, 2.24) is 0 Å². The summed E-state index contributed by atoms with van der Waals surface area (Å²) in [4.78, 5) is 0. The molecule has 0 aliphatic heterocycles. The van der Waals surface area contributed by atoms with Gasteiger partial charge in [-0.05, 0) is 85.3 Å². The topological polar surface area (TPSA) is 26.0 Å². The molecule has 4 fully saturated rings. The number of hydrogen-bond donors (Lipinski definition) is 1. The van der Waals surface area contributed by atoms with Gasteiger partial charge in [-0.3, -0.25) is 0 Å². The fourth-order valence-electron chi connectivity index (χ4n) is 6.38. The van der Waals surface area contributed by atoms with E-state index >= 15 is 0 Å². The van der Waals surface area contributed by atoms with Crippen molar-refractivity contribution >= 4 is 0 Å². The zero-order valence-corrected chi connectivity index (χ0v) is 13.2. The minimum Gasteiger partial charge on any atom is -0.323 e. The van der Waals surface area contributed by atoms with Crippen LogP contribution < -0.4 is 5.73 Å². The van der Waals surface area contributed by atoms with Crippen molar-refractivity contribution < 1.29 is 4.39 Å². The van der Waals surface area contributed by atoms with E-state index in [1.807, 2.05) is 19.1 Å². The van der Waals surface area contributed by atoms with Crippen LogP contribution in [0.1, 0.15) is 62.6 Å². The first-order chi connectivity index (χ1) is 9.89. The van der Waals surface area contributed by atoms with Gasteiger partial charge in [0, 0.05) is 6.04 Å². The molecule has 1 aromatic rings. The van der Waals surface area contributed by atoms with Gasteiger partial charge in [-0.2, -0.15) is 0 Å². The third-order valence-corrected chi connectivity index (χ3v) is 6.60. The highest BCUT2D eigenvalue weighted by Crippen LogP contribution is 2.67. The normalized spacial score (nSPS) is 42.3. The van der Waals surface area contributed by atoms with Crippen molar-refractivity contribution in [3.63, 3.8) is 0 Å². The van der Waals surface area contributed by atoms with E-state index in [9.17, 15) is 4.39 Å². The van der Waals surface area contributed by atoms with Crippen LogP contribution in [0.25, 0.3) is 0 Å². The van der Waals surface area contributed by atoms with E-state index in [1.165, 1.54) is 38.5 Å². The Morgan fingerprint density at radius 2 is 1.86 bits per heavy atom. The summed E-state index contributed by atoms with van der Waals surface area (Å²) < 4.78 is 13.5. The molecule has 114 valence electrons. The fourth-order valence-corrected chi connectivity index (χ4v) is 6.38. The smallest absolute Gasteiger partial charge is 0.126 e. The zero-order valence-electron chi connectivity index (χ0n) is 13.2. The summed E-state index contributed by atoms with van der Waals surface area (Å²) in [6.45, 7) is 4.31. The number of hydrogen-bond acceptors (Lipinski definition) is 1. The van der Waals surface area contributed by atoms with Crippen molar-refractivity contribution in [1.29, 1.82) is 0 Å². The van der Waals surface area contributed by atoms with Gasteiger partial charge < -0.3 is 5.73 Å². The monoisotopic (exact) mass is 287 g/mol. The summed E-state index contributed by atoms with van der Waals surface area (Å²) in [5, 5.41) is 0. The molecule has 0 saturated heterocycles. The molecule has 0 radical (unpaired) electrons. The van der Waals surface area contributed by atoms with Crippen LogP contribution in [-0.2, 0) is 0 Å². The Bertz CT molecular complexity index is 565. The van der Waals surface area contributed by atoms with Gasteiger partial charge in [-0.25, -0.2) is 4.39 Å². The van der Waals surface area contributed by atoms with Crippen LogP contribution in [0.5, 0.6) is 0 Å². The Kier molecular flexibility index (Phi) is 2.83. The van der Waals surface area contributed by atoms with Crippen LogP contribution in [0.4, 0.5) is 4.39 Å². The lowest BCUT2D eigenvalue weighted by Crippen LogP contribution is -2.54. The van der Waals surface area contributed by atoms with E-state index in [4.69, 9.17) is 5.73 Å². The zero-order chi connectivity index (χ0) is 14.8. The summed E-state index contributed by atoms with van der Waals surface area (Å²) in [6, 6.07) is 5.55. The van der Waals surface area contributed by atoms with Crippen LogP contribution in [0.3, 0.4) is 0 Å². The van der Waals surface area contributed by atoms with E-state index in [1.54, 1.807) is 6.07 Å². The first-order valence-corrected chi connectivity index (χ1v) is 8.41. The fraction of sp³-hybridized carbons (Fsp3) is 0.684. The summed E-state index contributed by atoms with van der Waals surface area (Å²) in [6.07, 6.45) is 8.07. The average molecular weight is 287 g/mol. The molecule has 3 atom stereocenters. The van der Waals surface area contributed by atoms with E-state index in [2.05, 4.69) is 6.92 Å². The Labute approximate surface area is 127 Å². The van der Waals surface area contributed by atoms with Crippen LogP contribution in [0.15, 0.2) is 18.2 Å². The van der Waals surface area contributed by atoms with Crippen LogP contribution in [0.2, 0.25) is 0 Å². The lowest BCUT2D eigenvalue weighted by molar-refractivity contribution is -0.113. The quantitative estimate of drug-likeness (QED) is 0.835. The molecule has 3 unspecified atom stereocenters. The summed E-state index contributed by atoms with van der Waals surface area (Å²) in [5.74, 6) is 1.64. The molecule has 21 heavy (non-hydrogen) atoms. The molecule has 4 aliphatic carbocycles. The third-order valence-electron chi connectivity index (χ3n) is 6.60. The highest BCUT2D eigenvalue weighted by atomic mass is 19.1. The maximum Gasteiger partial charge on any atom is 0.126 e. The largest absolute Gasteiger partial charge is 0.323 e. The average Bonchev–Trinajstić information content (AvgIpc) is 2.38. The van der Waals surface area contributed by atoms with E-state index in [0.717, 1.165) is 23.0 Å². The number of halogens is 1. The van der Waals surface area contributed by atoms with E-state index < -0.39 is 0 Å². The predicted octanol–water partition coefficient (Wildman–Crippen LogP) is 4.74. The molecule has 0 amide bonds. The Morgan fingerprint density at radius 1 is 1.19 bits per heavy atom. The first-order valence-electron chi connectivity index (χ1n) is 8.41. The van der Waals surface area contributed by atoms with Gasteiger partial charge in [0.2, 0.25) is 0 Å². The van der Waals surface area contributed by atoms with Crippen molar-refractivity contribution in [2.75, 3.05) is 0 Å². The van der Waals surface area contributed by atoms with Gasteiger partial charge in [-0.1, -0.05) is 19.1 Å². The minimum absolute atomic E-state index is 0.0713. The second-order valence-electron chi connectivity index (χ2n) is 8.62. The molecule has 4 saturated carbocycles. The van der Waals surface area contributed by atoms with Gasteiger partial charge >= 0.3 is 0 Å². The van der Waals surface area contributed by atoms with Crippen molar-refractivity contribution in [2.45, 2.75) is 58.4 Å². The maximum absolute atomic E-state index is 13.5. The predicted molar refractivity (Wildman–Crippen MR) is 83.3 cm³/mol. The van der Waals surface area contributed by atoms with Crippen molar-refractivity contribution in [3.8, 4) is 0 Å². The van der Waals surface area contributed by atoms with Gasteiger partial charge in [0.05, 0.1) is 0 Å². The Morgan fingerprint density at radius 3 is 2.43 bits per heavy atom. The minimum atomic E-state index is -0.122. The lowest BCUT2D eigenvalue weighted by Gasteiger charge is -2.63. The number of benzene rings is 1. The standard InChI is InChI=1S/C19H26FN/c1-12-5-15(3-4-16(12)20)17(21)19-9-13-6-14(10-19)8-18(2,7-13)11-19/h3-5,13-14,17H,6-11,21H2,1-2H3. The highest BCUT2D eigenvalue weighted by molar-refractivity contribution is 5.29. The molecule has 0 aromatic heterocycles. The molecule has 0 spiro atoms. The molecular formula is C19H26FN. The van der Waals surface area contributed by atoms with Gasteiger partial charge in [0.15, 0.2) is 0 Å². The molecule has 0 heterocycles. The lowest BCUT2D eigenvalue weighted by atomic mass is 9.43. The molecule has 1 aromatic carbocycles. The molecule has 2 N–H and O–H groups in total. The van der Waals surface area contributed by atoms with Gasteiger partial charge in [-0.15, -0.1) is 0 Å². The number of nitrogens with two attached hydrogens (primary N) is 1. The molecule has 1 nitrogen and oxygen atoms in total. The highest BCUT2D eigenvalue weighted by Gasteiger charge is 2.57. The summed E-state index contributed by atoms with van der Waals surface area (Å²) >= 11 is 0. The van der Waals surface area contributed by atoms with Gasteiger partial charge in [0.25, 0.3) is 0 Å². The summed E-state index contributed by atoms with van der Waals surface area (Å²) in [7, 11) is 0. The maximum atomic E-state index is 13.5.